The Morgan fingerprint density at radius 2 is 1.75 bits per heavy atom. The molecule has 1 aromatic carbocycles. The standard InChI is InChI=1S/C13H9N3O4/c17-8-5-7-9(11(19)10(8)18)13(20)16-12(15-7)6-1-3-14-4-2-6/h1-5,17-19H,(H,15,16,20). The molecule has 2 aromatic heterocycles. The number of aromatic hydroxyl groups is 3. The Morgan fingerprint density at radius 3 is 2.45 bits per heavy atom. The summed E-state index contributed by atoms with van der Waals surface area (Å²) in [6, 6.07) is 4.43. The van der Waals surface area contributed by atoms with Gasteiger partial charge in [0.25, 0.3) is 5.56 Å². The first kappa shape index (κ1) is 12.0. The highest BCUT2D eigenvalue weighted by molar-refractivity contribution is 5.89. The van der Waals surface area contributed by atoms with Crippen molar-refractivity contribution in [3.63, 3.8) is 0 Å². The molecule has 7 nitrogen and oxygen atoms in total. The Balaban J connectivity index is 2.36. The maximum Gasteiger partial charge on any atom is 0.262 e. The van der Waals surface area contributed by atoms with Gasteiger partial charge in [0.15, 0.2) is 11.5 Å². The summed E-state index contributed by atoms with van der Waals surface area (Å²) in [6.07, 6.45) is 3.09. The number of nitrogens with one attached hydrogen (secondary N) is 1. The van der Waals surface area contributed by atoms with Gasteiger partial charge in [-0.05, 0) is 12.1 Å². The number of fused-ring (bicyclic) bond motifs is 1. The zero-order valence-corrected chi connectivity index (χ0v) is 10.0. The van der Waals surface area contributed by atoms with Crippen LogP contribution in [0.15, 0.2) is 35.4 Å². The molecule has 0 fully saturated rings. The van der Waals surface area contributed by atoms with Gasteiger partial charge in [0.2, 0.25) is 5.75 Å². The second kappa shape index (κ2) is 4.23. The SMILES string of the molecule is O=c1[nH]c(-c2ccncc2)nc2cc(O)c(O)c(O)c12. The van der Waals surface area contributed by atoms with E-state index in [1.807, 2.05) is 0 Å². The van der Waals surface area contributed by atoms with Gasteiger partial charge in [-0.3, -0.25) is 9.78 Å². The molecular formula is C13H9N3O4. The lowest BCUT2D eigenvalue weighted by molar-refractivity contribution is 0.371. The molecule has 0 radical (unpaired) electrons. The van der Waals surface area contributed by atoms with Crippen LogP contribution in [0.2, 0.25) is 0 Å². The number of aromatic nitrogens is 3. The highest BCUT2D eigenvalue weighted by Crippen LogP contribution is 2.39. The molecule has 0 aliphatic heterocycles. The molecule has 0 bridgehead atoms. The predicted octanol–water partition coefficient (Wildman–Crippen LogP) is 1.10. The van der Waals surface area contributed by atoms with Crippen molar-refractivity contribution >= 4 is 10.9 Å². The fraction of sp³-hybridized carbons (Fsp3) is 0. The summed E-state index contributed by atoms with van der Waals surface area (Å²) in [4.78, 5) is 22.5. The number of rotatable bonds is 1. The molecule has 0 saturated heterocycles. The molecule has 0 atom stereocenters. The highest BCUT2D eigenvalue weighted by atomic mass is 16.3. The number of hydrogen-bond donors (Lipinski definition) is 4. The van der Waals surface area contributed by atoms with E-state index in [1.165, 1.54) is 0 Å². The van der Waals surface area contributed by atoms with E-state index in [4.69, 9.17) is 0 Å². The van der Waals surface area contributed by atoms with Crippen molar-refractivity contribution in [1.82, 2.24) is 15.0 Å². The van der Waals surface area contributed by atoms with E-state index in [-0.39, 0.29) is 16.7 Å². The zero-order valence-electron chi connectivity index (χ0n) is 10.0. The van der Waals surface area contributed by atoms with Crippen LogP contribution < -0.4 is 5.56 Å². The van der Waals surface area contributed by atoms with Crippen molar-refractivity contribution < 1.29 is 15.3 Å². The van der Waals surface area contributed by atoms with Gasteiger partial charge in [-0.25, -0.2) is 4.98 Å². The lowest BCUT2D eigenvalue weighted by atomic mass is 10.2. The number of benzene rings is 1. The van der Waals surface area contributed by atoms with Gasteiger partial charge < -0.3 is 20.3 Å². The third-order valence-electron chi connectivity index (χ3n) is 2.88. The van der Waals surface area contributed by atoms with Gasteiger partial charge in [-0.15, -0.1) is 0 Å². The molecule has 0 saturated carbocycles. The van der Waals surface area contributed by atoms with Crippen LogP contribution in [0, 0.1) is 0 Å². The number of aromatic amines is 1. The predicted molar refractivity (Wildman–Crippen MR) is 70.6 cm³/mol. The Labute approximate surface area is 111 Å². The van der Waals surface area contributed by atoms with Crippen molar-refractivity contribution in [2.75, 3.05) is 0 Å². The molecule has 4 N–H and O–H groups in total. The lowest BCUT2D eigenvalue weighted by Gasteiger charge is -2.06. The second-order valence-electron chi connectivity index (χ2n) is 4.14. The topological polar surface area (TPSA) is 119 Å². The van der Waals surface area contributed by atoms with Gasteiger partial charge in [-0.1, -0.05) is 0 Å². The average Bonchev–Trinajstić information content (AvgIpc) is 2.45. The number of nitrogens with zero attached hydrogens (tertiary/aromatic N) is 2. The van der Waals surface area contributed by atoms with E-state index in [1.54, 1.807) is 24.5 Å². The van der Waals surface area contributed by atoms with Crippen LogP contribution in [-0.4, -0.2) is 30.3 Å². The third-order valence-corrected chi connectivity index (χ3v) is 2.88. The number of phenols is 3. The minimum absolute atomic E-state index is 0.0772. The number of H-pyrrole nitrogens is 1. The third kappa shape index (κ3) is 1.72. The molecule has 3 rings (SSSR count). The highest BCUT2D eigenvalue weighted by Gasteiger charge is 2.16. The first-order valence-electron chi connectivity index (χ1n) is 5.66. The summed E-state index contributed by atoms with van der Waals surface area (Å²) in [6.45, 7) is 0. The molecular weight excluding hydrogens is 262 g/mol. The monoisotopic (exact) mass is 271 g/mol. The normalized spacial score (nSPS) is 10.8. The first-order chi connectivity index (χ1) is 9.58. The summed E-state index contributed by atoms with van der Waals surface area (Å²) in [5.74, 6) is -1.72. The Hall–Kier alpha value is -3.09. The van der Waals surface area contributed by atoms with Crippen molar-refractivity contribution in [1.29, 1.82) is 0 Å². The minimum Gasteiger partial charge on any atom is -0.504 e. The smallest absolute Gasteiger partial charge is 0.262 e. The molecule has 3 aromatic rings. The van der Waals surface area contributed by atoms with Gasteiger partial charge in [0.1, 0.15) is 11.2 Å². The minimum atomic E-state index is -0.749. The number of phenolic OH excluding ortho intramolecular Hbond substituents is 3. The Bertz CT molecular complexity index is 859. The van der Waals surface area contributed by atoms with Crippen molar-refractivity contribution in [3.8, 4) is 28.6 Å². The second-order valence-corrected chi connectivity index (χ2v) is 4.14. The fourth-order valence-electron chi connectivity index (χ4n) is 1.91. The summed E-state index contributed by atoms with van der Waals surface area (Å²) in [5.41, 5.74) is 0.0917. The zero-order chi connectivity index (χ0) is 14.3. The van der Waals surface area contributed by atoms with Crippen LogP contribution in [0.1, 0.15) is 0 Å². The van der Waals surface area contributed by atoms with Gasteiger partial charge >= 0.3 is 0 Å². The fourth-order valence-corrected chi connectivity index (χ4v) is 1.91. The quantitative estimate of drug-likeness (QED) is 0.492. The van der Waals surface area contributed by atoms with Crippen molar-refractivity contribution in [2.45, 2.75) is 0 Å². The Kier molecular flexibility index (Phi) is 2.53. The van der Waals surface area contributed by atoms with E-state index in [2.05, 4.69) is 15.0 Å². The van der Waals surface area contributed by atoms with E-state index >= 15 is 0 Å². The van der Waals surface area contributed by atoms with Crippen LogP contribution in [0.25, 0.3) is 22.3 Å². The summed E-state index contributed by atoms with van der Waals surface area (Å²) >= 11 is 0. The maximum atomic E-state index is 12.0. The molecule has 0 unspecified atom stereocenters. The molecule has 100 valence electrons. The van der Waals surface area contributed by atoms with Gasteiger partial charge in [0.05, 0.1) is 5.52 Å². The van der Waals surface area contributed by atoms with Crippen LogP contribution in [0.5, 0.6) is 17.2 Å². The van der Waals surface area contributed by atoms with E-state index in [9.17, 15) is 20.1 Å². The molecule has 2 heterocycles. The van der Waals surface area contributed by atoms with Crippen LogP contribution in [-0.2, 0) is 0 Å². The molecule has 0 aliphatic carbocycles. The number of pyridine rings is 1. The lowest BCUT2D eigenvalue weighted by Crippen LogP contribution is -2.09. The van der Waals surface area contributed by atoms with E-state index in [0.717, 1.165) is 6.07 Å². The van der Waals surface area contributed by atoms with Gasteiger partial charge in [0, 0.05) is 24.0 Å². The summed E-state index contributed by atoms with van der Waals surface area (Å²) < 4.78 is 0. The van der Waals surface area contributed by atoms with Crippen LogP contribution >= 0.6 is 0 Å². The van der Waals surface area contributed by atoms with Crippen LogP contribution in [0.3, 0.4) is 0 Å². The molecule has 7 heteroatoms. The molecule has 0 aliphatic rings. The number of hydrogen-bond acceptors (Lipinski definition) is 6. The molecule has 0 spiro atoms. The Morgan fingerprint density at radius 1 is 1.05 bits per heavy atom. The summed E-state index contributed by atoms with van der Waals surface area (Å²) in [5, 5.41) is 28.4. The molecule has 20 heavy (non-hydrogen) atoms. The van der Waals surface area contributed by atoms with Crippen molar-refractivity contribution in [3.05, 3.63) is 40.9 Å². The summed E-state index contributed by atoms with van der Waals surface area (Å²) in [7, 11) is 0. The average molecular weight is 271 g/mol. The first-order valence-corrected chi connectivity index (χ1v) is 5.66. The maximum absolute atomic E-state index is 12.0. The largest absolute Gasteiger partial charge is 0.504 e. The van der Waals surface area contributed by atoms with Crippen molar-refractivity contribution in [2.24, 2.45) is 0 Å². The molecule has 0 amide bonds. The van der Waals surface area contributed by atoms with E-state index in [0.29, 0.717) is 5.56 Å². The van der Waals surface area contributed by atoms with Crippen LogP contribution in [0.4, 0.5) is 0 Å². The van der Waals surface area contributed by atoms with Gasteiger partial charge in [-0.2, -0.15) is 0 Å². The van der Waals surface area contributed by atoms with E-state index < -0.39 is 22.8 Å².